The van der Waals surface area contributed by atoms with Crippen molar-refractivity contribution in [2.24, 2.45) is 22.2 Å². The molecule has 0 saturated heterocycles. The van der Waals surface area contributed by atoms with E-state index in [2.05, 4.69) is 11.1 Å². The standard InChI is InChI=1S/C21H19ClN2O2/c22-21-9-15-5-16(10-21)8-20(7-15,12-21)19-24-17(18(25)26-19)6-13-1-3-14(11-23)4-2-13/h1-4,6,15-16H,5,7-10,12H2/b17-6-/t15-,16-,20?,21?/m1/s1. The predicted molar refractivity (Wildman–Crippen MR) is 98.4 cm³/mol. The Morgan fingerprint density at radius 1 is 1.19 bits per heavy atom. The van der Waals surface area contributed by atoms with Crippen molar-refractivity contribution in [3.8, 4) is 6.07 Å². The van der Waals surface area contributed by atoms with Gasteiger partial charge in [0.25, 0.3) is 0 Å². The summed E-state index contributed by atoms with van der Waals surface area (Å²) in [7, 11) is 0. The number of benzene rings is 1. The molecule has 6 rings (SSSR count). The van der Waals surface area contributed by atoms with Crippen molar-refractivity contribution in [2.45, 2.75) is 43.4 Å². The third kappa shape index (κ3) is 2.49. The summed E-state index contributed by atoms with van der Waals surface area (Å²) >= 11 is 6.89. The van der Waals surface area contributed by atoms with Gasteiger partial charge in [-0.1, -0.05) is 12.1 Å². The summed E-state index contributed by atoms with van der Waals surface area (Å²) in [4.78, 5) is 16.9. The van der Waals surface area contributed by atoms with Crippen molar-refractivity contribution >= 4 is 29.5 Å². The number of hydrogen-bond donors (Lipinski definition) is 0. The van der Waals surface area contributed by atoms with Crippen molar-refractivity contribution in [2.75, 3.05) is 0 Å². The summed E-state index contributed by atoms with van der Waals surface area (Å²) < 4.78 is 5.65. The molecule has 5 aliphatic rings. The van der Waals surface area contributed by atoms with E-state index in [-0.39, 0.29) is 16.3 Å². The highest BCUT2D eigenvalue weighted by Crippen LogP contribution is 2.64. The Balaban J connectivity index is 1.47. The first-order valence-corrected chi connectivity index (χ1v) is 9.57. The van der Waals surface area contributed by atoms with Crippen LogP contribution in [0.15, 0.2) is 35.0 Å². The van der Waals surface area contributed by atoms with Gasteiger partial charge in [0.15, 0.2) is 5.70 Å². The molecule has 0 unspecified atom stereocenters. The summed E-state index contributed by atoms with van der Waals surface area (Å²) in [6.45, 7) is 0. The minimum Gasteiger partial charge on any atom is -0.406 e. The first-order chi connectivity index (χ1) is 12.5. The number of rotatable bonds is 2. The van der Waals surface area contributed by atoms with Gasteiger partial charge in [0, 0.05) is 10.3 Å². The van der Waals surface area contributed by atoms with Crippen LogP contribution < -0.4 is 0 Å². The van der Waals surface area contributed by atoms with Crippen LogP contribution in [0.2, 0.25) is 0 Å². The van der Waals surface area contributed by atoms with E-state index >= 15 is 0 Å². The summed E-state index contributed by atoms with van der Waals surface area (Å²) in [6, 6.07) is 9.17. The van der Waals surface area contributed by atoms with Gasteiger partial charge in [-0.3, -0.25) is 0 Å². The Hall–Kier alpha value is -2.12. The molecule has 4 bridgehead atoms. The Kier molecular flexibility index (Phi) is 3.36. The zero-order valence-corrected chi connectivity index (χ0v) is 15.1. The summed E-state index contributed by atoms with van der Waals surface area (Å²) in [5, 5.41) is 8.89. The average Bonchev–Trinajstić information content (AvgIpc) is 2.95. The van der Waals surface area contributed by atoms with E-state index in [1.807, 2.05) is 12.1 Å². The molecule has 0 amide bonds. The number of ether oxygens (including phenoxy) is 1. The van der Waals surface area contributed by atoms with E-state index in [4.69, 9.17) is 21.6 Å². The average molecular weight is 367 g/mol. The lowest BCUT2D eigenvalue weighted by Crippen LogP contribution is -2.56. The van der Waals surface area contributed by atoms with Crippen molar-refractivity contribution in [3.63, 3.8) is 0 Å². The minimum atomic E-state index is -0.385. The predicted octanol–water partition coefficient (Wildman–Crippen LogP) is 4.43. The molecule has 26 heavy (non-hydrogen) atoms. The molecular weight excluding hydrogens is 348 g/mol. The fourth-order valence-electron chi connectivity index (χ4n) is 5.85. The van der Waals surface area contributed by atoms with Gasteiger partial charge in [0.2, 0.25) is 5.90 Å². The minimum absolute atomic E-state index is 0.140. The number of esters is 1. The summed E-state index contributed by atoms with van der Waals surface area (Å²) in [5.74, 6) is 1.45. The van der Waals surface area contributed by atoms with Gasteiger partial charge in [0.05, 0.1) is 11.6 Å². The van der Waals surface area contributed by atoms with Gasteiger partial charge in [-0.15, -0.1) is 11.6 Å². The molecule has 1 aromatic rings. The first-order valence-electron chi connectivity index (χ1n) is 9.19. The van der Waals surface area contributed by atoms with Crippen LogP contribution in [-0.2, 0) is 9.53 Å². The first kappa shape index (κ1) is 16.1. The van der Waals surface area contributed by atoms with Gasteiger partial charge >= 0.3 is 5.97 Å². The number of cyclic esters (lactones) is 1. The number of alkyl halides is 1. The Bertz CT molecular complexity index is 880. The second-order valence-corrected chi connectivity index (χ2v) is 9.26. The van der Waals surface area contributed by atoms with Gasteiger partial charge in [-0.05, 0) is 74.1 Å². The zero-order chi connectivity index (χ0) is 17.9. The second-order valence-electron chi connectivity index (χ2n) is 8.46. The fourth-order valence-corrected chi connectivity index (χ4v) is 6.54. The van der Waals surface area contributed by atoms with Crippen LogP contribution in [0.1, 0.15) is 49.7 Å². The van der Waals surface area contributed by atoms with E-state index in [1.165, 1.54) is 6.42 Å². The number of carbonyl (C=O) groups excluding carboxylic acids is 1. The zero-order valence-electron chi connectivity index (χ0n) is 14.4. The van der Waals surface area contributed by atoms with Crippen LogP contribution in [0.5, 0.6) is 0 Å². The van der Waals surface area contributed by atoms with Crippen molar-refractivity contribution in [1.29, 1.82) is 5.26 Å². The SMILES string of the molecule is N#Cc1ccc(/C=C2\N=C(C34C[C@H]5C[C@@H](CC(Cl)(C5)C3)C4)OC2=O)cc1. The largest absolute Gasteiger partial charge is 0.406 e. The molecule has 132 valence electrons. The molecule has 2 atom stereocenters. The van der Waals surface area contributed by atoms with E-state index in [1.54, 1.807) is 18.2 Å². The number of nitriles is 1. The van der Waals surface area contributed by atoms with Crippen LogP contribution in [0, 0.1) is 28.6 Å². The molecule has 4 aliphatic carbocycles. The molecule has 1 aromatic carbocycles. The Morgan fingerprint density at radius 3 is 2.50 bits per heavy atom. The molecule has 4 nitrogen and oxygen atoms in total. The maximum Gasteiger partial charge on any atom is 0.363 e. The molecule has 4 saturated carbocycles. The fraction of sp³-hybridized carbons (Fsp3) is 0.476. The van der Waals surface area contributed by atoms with Gasteiger partial charge < -0.3 is 4.74 Å². The lowest BCUT2D eigenvalue weighted by molar-refractivity contribution is -0.131. The number of hydrogen-bond acceptors (Lipinski definition) is 4. The van der Waals surface area contributed by atoms with Crippen molar-refractivity contribution < 1.29 is 9.53 Å². The highest BCUT2D eigenvalue weighted by Gasteiger charge is 2.60. The monoisotopic (exact) mass is 366 g/mol. The Morgan fingerprint density at radius 2 is 1.88 bits per heavy atom. The number of halogens is 1. The van der Waals surface area contributed by atoms with Crippen LogP contribution >= 0.6 is 11.6 Å². The molecule has 0 spiro atoms. The smallest absolute Gasteiger partial charge is 0.363 e. The van der Waals surface area contributed by atoms with Crippen LogP contribution in [-0.4, -0.2) is 16.7 Å². The van der Waals surface area contributed by atoms with E-state index in [9.17, 15) is 4.79 Å². The summed E-state index contributed by atoms with van der Waals surface area (Å²) in [5.41, 5.74) is 1.59. The quantitative estimate of drug-likeness (QED) is 0.442. The number of nitrogens with zero attached hydrogens (tertiary/aromatic N) is 2. The topological polar surface area (TPSA) is 62.4 Å². The third-order valence-corrected chi connectivity index (χ3v) is 6.85. The van der Waals surface area contributed by atoms with Crippen molar-refractivity contribution in [1.82, 2.24) is 0 Å². The van der Waals surface area contributed by atoms with Gasteiger partial charge in [0.1, 0.15) is 0 Å². The lowest BCUT2D eigenvalue weighted by atomic mass is 9.49. The molecule has 5 heteroatoms. The van der Waals surface area contributed by atoms with E-state index in [0.717, 1.165) is 37.7 Å². The molecule has 0 aromatic heterocycles. The molecule has 4 fully saturated rings. The molecule has 0 radical (unpaired) electrons. The molecule has 1 aliphatic heterocycles. The Labute approximate surface area is 157 Å². The highest BCUT2D eigenvalue weighted by molar-refractivity contribution is 6.24. The molecular formula is C21H19ClN2O2. The van der Waals surface area contributed by atoms with E-state index < -0.39 is 0 Å². The highest BCUT2D eigenvalue weighted by atomic mass is 35.5. The summed E-state index contributed by atoms with van der Waals surface area (Å²) in [6.07, 6.45) is 8.09. The van der Waals surface area contributed by atoms with Gasteiger partial charge in [-0.2, -0.15) is 5.26 Å². The van der Waals surface area contributed by atoms with Crippen LogP contribution in [0.25, 0.3) is 6.08 Å². The van der Waals surface area contributed by atoms with Gasteiger partial charge in [-0.25, -0.2) is 9.79 Å². The molecule has 1 heterocycles. The normalized spacial score (nSPS) is 39.0. The van der Waals surface area contributed by atoms with E-state index in [0.29, 0.717) is 29.0 Å². The van der Waals surface area contributed by atoms with Crippen LogP contribution in [0.3, 0.4) is 0 Å². The van der Waals surface area contributed by atoms with Crippen LogP contribution in [0.4, 0.5) is 0 Å². The number of aliphatic imine (C=N–C) groups is 1. The third-order valence-electron chi connectivity index (χ3n) is 6.41. The number of carbonyl (C=O) groups is 1. The maximum absolute atomic E-state index is 12.4. The molecule has 0 N–H and O–H groups in total. The van der Waals surface area contributed by atoms with Crippen molar-refractivity contribution in [3.05, 3.63) is 41.1 Å². The lowest BCUT2D eigenvalue weighted by Gasteiger charge is -2.59. The maximum atomic E-state index is 12.4. The second kappa shape index (κ2) is 5.44.